The molecule has 1 aromatic heterocycles. The van der Waals surface area contributed by atoms with Gasteiger partial charge in [-0.2, -0.15) is 0 Å². The molecule has 2 heterocycles. The molecule has 0 amide bonds. The second-order valence-electron chi connectivity index (χ2n) is 4.15. The second-order valence-corrected chi connectivity index (χ2v) is 6.30. The molecule has 2 rings (SSSR count). The van der Waals surface area contributed by atoms with E-state index in [2.05, 4.69) is 5.32 Å². The Morgan fingerprint density at radius 1 is 1.40 bits per heavy atom. The summed E-state index contributed by atoms with van der Waals surface area (Å²) < 4.78 is 28.6. The summed E-state index contributed by atoms with van der Waals surface area (Å²) >= 11 is 0. The molecule has 5 heteroatoms. The summed E-state index contributed by atoms with van der Waals surface area (Å²) in [6.45, 7) is 3.73. The van der Waals surface area contributed by atoms with Gasteiger partial charge >= 0.3 is 0 Å². The van der Waals surface area contributed by atoms with E-state index in [0.29, 0.717) is 5.76 Å². The number of sulfone groups is 1. The quantitative estimate of drug-likeness (QED) is 0.781. The molecule has 0 aromatic carbocycles. The summed E-state index contributed by atoms with van der Waals surface area (Å²) in [4.78, 5) is 0. The lowest BCUT2D eigenvalue weighted by Crippen LogP contribution is -2.45. The number of hydrogen-bond acceptors (Lipinski definition) is 4. The highest BCUT2D eigenvalue weighted by Crippen LogP contribution is 2.22. The maximum absolute atomic E-state index is 11.6. The highest BCUT2D eigenvalue weighted by atomic mass is 32.2. The van der Waals surface area contributed by atoms with E-state index < -0.39 is 9.84 Å². The SMILES string of the molecule is Cc1ccc(C2CS(=O)(=O)CC(C)N2)o1. The van der Waals surface area contributed by atoms with Crippen molar-refractivity contribution in [2.75, 3.05) is 11.5 Å². The summed E-state index contributed by atoms with van der Waals surface area (Å²) in [6, 6.07) is 3.47. The summed E-state index contributed by atoms with van der Waals surface area (Å²) in [7, 11) is -2.94. The average Bonchev–Trinajstić information content (AvgIpc) is 2.48. The summed E-state index contributed by atoms with van der Waals surface area (Å²) in [5.74, 6) is 1.86. The van der Waals surface area contributed by atoms with Crippen molar-refractivity contribution in [1.82, 2.24) is 5.32 Å². The second kappa shape index (κ2) is 3.64. The molecule has 1 aromatic rings. The molecule has 2 atom stereocenters. The van der Waals surface area contributed by atoms with E-state index in [0.717, 1.165) is 5.76 Å². The van der Waals surface area contributed by atoms with Gasteiger partial charge in [-0.15, -0.1) is 0 Å². The first kappa shape index (κ1) is 10.7. The molecule has 4 nitrogen and oxygen atoms in total. The van der Waals surface area contributed by atoms with Gasteiger partial charge in [0.05, 0.1) is 17.5 Å². The molecule has 1 N–H and O–H groups in total. The van der Waals surface area contributed by atoms with Crippen LogP contribution < -0.4 is 5.32 Å². The summed E-state index contributed by atoms with van der Waals surface area (Å²) in [5.41, 5.74) is 0. The number of furan rings is 1. The van der Waals surface area contributed by atoms with Gasteiger partial charge in [0.2, 0.25) is 0 Å². The van der Waals surface area contributed by atoms with Crippen molar-refractivity contribution in [2.24, 2.45) is 0 Å². The minimum atomic E-state index is -2.94. The Balaban J connectivity index is 2.23. The standard InChI is InChI=1S/C10H15NO3S/c1-7-5-15(12,13)6-9(11-7)10-4-3-8(2)14-10/h3-4,7,9,11H,5-6H2,1-2H3. The van der Waals surface area contributed by atoms with Crippen LogP contribution in [0.25, 0.3) is 0 Å². The number of nitrogens with one attached hydrogen (secondary N) is 1. The summed E-state index contributed by atoms with van der Waals surface area (Å²) in [6.07, 6.45) is 0. The van der Waals surface area contributed by atoms with Crippen molar-refractivity contribution >= 4 is 9.84 Å². The van der Waals surface area contributed by atoms with Crippen molar-refractivity contribution in [1.29, 1.82) is 0 Å². The maximum Gasteiger partial charge on any atom is 0.153 e. The Labute approximate surface area is 89.6 Å². The van der Waals surface area contributed by atoms with E-state index in [1.165, 1.54) is 0 Å². The van der Waals surface area contributed by atoms with Crippen LogP contribution in [0.5, 0.6) is 0 Å². The molecule has 2 unspecified atom stereocenters. The third-order valence-electron chi connectivity index (χ3n) is 2.51. The zero-order chi connectivity index (χ0) is 11.1. The smallest absolute Gasteiger partial charge is 0.153 e. The van der Waals surface area contributed by atoms with E-state index in [-0.39, 0.29) is 23.6 Å². The van der Waals surface area contributed by atoms with E-state index in [1.54, 1.807) is 0 Å². The van der Waals surface area contributed by atoms with Gasteiger partial charge in [-0.25, -0.2) is 8.42 Å². The molecule has 0 bridgehead atoms. The third kappa shape index (κ3) is 2.41. The highest BCUT2D eigenvalue weighted by Gasteiger charge is 2.31. The number of hydrogen-bond donors (Lipinski definition) is 1. The predicted molar refractivity (Wildman–Crippen MR) is 57.4 cm³/mol. The molecule has 0 radical (unpaired) electrons. The molecule has 15 heavy (non-hydrogen) atoms. The normalized spacial score (nSPS) is 30.3. The molecule has 1 saturated heterocycles. The largest absolute Gasteiger partial charge is 0.465 e. The van der Waals surface area contributed by atoms with Gasteiger partial charge in [-0.3, -0.25) is 0 Å². The van der Waals surface area contributed by atoms with Gasteiger partial charge in [-0.05, 0) is 26.0 Å². The van der Waals surface area contributed by atoms with Crippen LogP contribution in [0.3, 0.4) is 0 Å². The highest BCUT2D eigenvalue weighted by molar-refractivity contribution is 7.91. The topological polar surface area (TPSA) is 59.3 Å². The van der Waals surface area contributed by atoms with Crippen LogP contribution in [-0.4, -0.2) is 26.0 Å². The molecule has 1 aliphatic rings. The first-order valence-corrected chi connectivity index (χ1v) is 6.81. The first-order valence-electron chi connectivity index (χ1n) is 4.99. The molecular formula is C10H15NO3S. The lowest BCUT2D eigenvalue weighted by molar-refractivity contribution is 0.385. The van der Waals surface area contributed by atoms with Crippen LogP contribution in [0.2, 0.25) is 0 Å². The van der Waals surface area contributed by atoms with Crippen LogP contribution >= 0.6 is 0 Å². The average molecular weight is 229 g/mol. The van der Waals surface area contributed by atoms with Gasteiger partial charge < -0.3 is 9.73 Å². The molecule has 1 fully saturated rings. The number of aryl methyl sites for hydroxylation is 1. The Hall–Kier alpha value is -0.810. The lowest BCUT2D eigenvalue weighted by atomic mass is 10.2. The zero-order valence-electron chi connectivity index (χ0n) is 8.86. The van der Waals surface area contributed by atoms with E-state index in [1.807, 2.05) is 26.0 Å². The van der Waals surface area contributed by atoms with Crippen molar-refractivity contribution in [3.05, 3.63) is 23.7 Å². The van der Waals surface area contributed by atoms with Crippen LogP contribution in [0.1, 0.15) is 24.5 Å². The Bertz CT molecular complexity index is 449. The van der Waals surface area contributed by atoms with Crippen LogP contribution in [0, 0.1) is 6.92 Å². The van der Waals surface area contributed by atoms with Crippen molar-refractivity contribution in [3.8, 4) is 0 Å². The monoisotopic (exact) mass is 229 g/mol. The van der Waals surface area contributed by atoms with Crippen molar-refractivity contribution < 1.29 is 12.8 Å². The zero-order valence-corrected chi connectivity index (χ0v) is 9.67. The molecule has 84 valence electrons. The van der Waals surface area contributed by atoms with Crippen LogP contribution in [0.15, 0.2) is 16.5 Å². The van der Waals surface area contributed by atoms with Gasteiger partial charge in [0.1, 0.15) is 11.5 Å². The van der Waals surface area contributed by atoms with Crippen molar-refractivity contribution in [3.63, 3.8) is 0 Å². The number of rotatable bonds is 1. The minimum Gasteiger partial charge on any atom is -0.465 e. The van der Waals surface area contributed by atoms with Gasteiger partial charge in [-0.1, -0.05) is 0 Å². The fraction of sp³-hybridized carbons (Fsp3) is 0.600. The fourth-order valence-electron chi connectivity index (χ4n) is 1.95. The lowest BCUT2D eigenvalue weighted by Gasteiger charge is -2.27. The van der Waals surface area contributed by atoms with Crippen molar-refractivity contribution in [2.45, 2.75) is 25.9 Å². The summed E-state index contributed by atoms with van der Waals surface area (Å²) in [5, 5.41) is 3.23. The minimum absolute atomic E-state index is 0.0147. The van der Waals surface area contributed by atoms with Crippen LogP contribution in [0.4, 0.5) is 0 Å². The van der Waals surface area contributed by atoms with E-state index in [4.69, 9.17) is 4.42 Å². The third-order valence-corrected chi connectivity index (χ3v) is 4.36. The van der Waals surface area contributed by atoms with Gasteiger partial charge in [0.15, 0.2) is 9.84 Å². The molecular weight excluding hydrogens is 214 g/mol. The van der Waals surface area contributed by atoms with Crippen LogP contribution in [-0.2, 0) is 9.84 Å². The molecule has 1 aliphatic heterocycles. The predicted octanol–water partition coefficient (Wildman–Crippen LogP) is 1.04. The molecule has 0 spiro atoms. The van der Waals surface area contributed by atoms with Gasteiger partial charge in [0.25, 0.3) is 0 Å². The van der Waals surface area contributed by atoms with E-state index >= 15 is 0 Å². The van der Waals surface area contributed by atoms with Gasteiger partial charge in [0, 0.05) is 6.04 Å². The molecule has 0 saturated carbocycles. The fourth-order valence-corrected chi connectivity index (χ4v) is 3.71. The Morgan fingerprint density at radius 2 is 2.13 bits per heavy atom. The molecule has 0 aliphatic carbocycles. The Morgan fingerprint density at radius 3 is 2.67 bits per heavy atom. The maximum atomic E-state index is 11.6. The first-order chi connectivity index (χ1) is 6.96. The van der Waals surface area contributed by atoms with E-state index in [9.17, 15) is 8.42 Å². The Kier molecular flexibility index (Phi) is 2.60.